The zero-order valence-electron chi connectivity index (χ0n) is 14.9. The van der Waals surface area contributed by atoms with Crippen molar-refractivity contribution in [1.29, 1.82) is 0 Å². The first-order valence-electron chi connectivity index (χ1n) is 8.05. The van der Waals surface area contributed by atoms with Gasteiger partial charge >= 0.3 is 0 Å². The molecule has 136 valence electrons. The van der Waals surface area contributed by atoms with Crippen molar-refractivity contribution in [2.45, 2.75) is 26.3 Å². The summed E-state index contributed by atoms with van der Waals surface area (Å²) < 4.78 is 16.3. The highest BCUT2D eigenvalue weighted by molar-refractivity contribution is 14.0. The van der Waals surface area contributed by atoms with Gasteiger partial charge in [0, 0.05) is 31.8 Å². The number of benzene rings is 1. The molecule has 1 heterocycles. The summed E-state index contributed by atoms with van der Waals surface area (Å²) in [4.78, 5) is 7.07. The van der Waals surface area contributed by atoms with Gasteiger partial charge in [0.2, 0.25) is 0 Å². The van der Waals surface area contributed by atoms with Crippen molar-refractivity contribution in [3.8, 4) is 17.2 Å². The Labute approximate surface area is 161 Å². The largest absolute Gasteiger partial charge is 0.496 e. The van der Waals surface area contributed by atoms with E-state index in [0.29, 0.717) is 12.3 Å². The van der Waals surface area contributed by atoms with Gasteiger partial charge in [-0.05, 0) is 19.8 Å². The predicted octanol–water partition coefficient (Wildman–Crippen LogP) is 2.89. The first kappa shape index (κ1) is 20.7. The average Bonchev–Trinajstić information content (AvgIpc) is 3.12. The molecule has 0 bridgehead atoms. The lowest BCUT2D eigenvalue weighted by Gasteiger charge is -2.21. The first-order chi connectivity index (χ1) is 11.2. The number of rotatable bonds is 6. The lowest BCUT2D eigenvalue weighted by molar-refractivity contribution is 0.369. The minimum absolute atomic E-state index is 0. The van der Waals surface area contributed by atoms with Gasteiger partial charge in [0.15, 0.2) is 5.96 Å². The Hall–Kier alpha value is -1.38. The maximum atomic E-state index is 5.48. The third-order valence-electron chi connectivity index (χ3n) is 3.94. The number of hydrogen-bond donors (Lipinski definition) is 1. The number of likely N-dealkylation sites (tertiary alicyclic amines) is 1. The van der Waals surface area contributed by atoms with Crippen molar-refractivity contribution in [3.63, 3.8) is 0 Å². The van der Waals surface area contributed by atoms with Crippen LogP contribution in [0.15, 0.2) is 17.1 Å². The zero-order valence-corrected chi connectivity index (χ0v) is 17.3. The Kier molecular flexibility index (Phi) is 9.02. The number of hydrogen-bond acceptors (Lipinski definition) is 4. The van der Waals surface area contributed by atoms with E-state index < -0.39 is 0 Å². The lowest BCUT2D eigenvalue weighted by atomic mass is 10.1. The quantitative estimate of drug-likeness (QED) is 0.411. The fourth-order valence-electron chi connectivity index (χ4n) is 2.74. The summed E-state index contributed by atoms with van der Waals surface area (Å²) in [5.74, 6) is 3.10. The second kappa shape index (κ2) is 10.5. The van der Waals surface area contributed by atoms with Crippen LogP contribution in [0.4, 0.5) is 0 Å². The smallest absolute Gasteiger partial charge is 0.194 e. The molecule has 0 atom stereocenters. The summed E-state index contributed by atoms with van der Waals surface area (Å²) >= 11 is 0. The van der Waals surface area contributed by atoms with E-state index in [1.165, 1.54) is 12.8 Å². The molecule has 1 aliphatic heterocycles. The fourth-order valence-corrected chi connectivity index (χ4v) is 2.74. The number of methoxy groups -OCH3 is 3. The monoisotopic (exact) mass is 449 g/mol. The molecule has 0 aromatic heterocycles. The van der Waals surface area contributed by atoms with Crippen LogP contribution in [0.3, 0.4) is 0 Å². The van der Waals surface area contributed by atoms with Crippen LogP contribution < -0.4 is 19.5 Å². The van der Waals surface area contributed by atoms with E-state index in [1.807, 2.05) is 12.1 Å². The van der Waals surface area contributed by atoms with Crippen molar-refractivity contribution < 1.29 is 14.2 Å². The SMILES string of the molecule is CCNC(=NCc1c(OC)cc(OC)cc1OC)N1CCCC1.I. The summed E-state index contributed by atoms with van der Waals surface area (Å²) in [7, 11) is 4.92. The minimum Gasteiger partial charge on any atom is -0.496 e. The summed E-state index contributed by atoms with van der Waals surface area (Å²) in [6.45, 7) is 5.55. The highest BCUT2D eigenvalue weighted by atomic mass is 127. The minimum atomic E-state index is 0. The Morgan fingerprint density at radius 2 is 1.67 bits per heavy atom. The second-order valence-corrected chi connectivity index (χ2v) is 5.37. The molecule has 6 nitrogen and oxygen atoms in total. The molecule has 1 aliphatic rings. The number of aliphatic imine (C=N–C) groups is 1. The Bertz CT molecular complexity index is 521. The number of ether oxygens (including phenoxy) is 3. The van der Waals surface area contributed by atoms with E-state index in [1.54, 1.807) is 21.3 Å². The molecular formula is C17H28IN3O3. The molecule has 7 heteroatoms. The molecule has 0 aliphatic carbocycles. The average molecular weight is 449 g/mol. The lowest BCUT2D eigenvalue weighted by Crippen LogP contribution is -2.39. The van der Waals surface area contributed by atoms with E-state index in [-0.39, 0.29) is 24.0 Å². The molecule has 0 saturated carbocycles. The Morgan fingerprint density at radius 1 is 1.08 bits per heavy atom. The molecule has 0 radical (unpaired) electrons. The van der Waals surface area contributed by atoms with Crippen molar-refractivity contribution in [2.75, 3.05) is 41.0 Å². The van der Waals surface area contributed by atoms with Gasteiger partial charge in [-0.3, -0.25) is 0 Å². The third kappa shape index (κ3) is 5.06. The van der Waals surface area contributed by atoms with Gasteiger partial charge in [0.1, 0.15) is 17.2 Å². The van der Waals surface area contributed by atoms with E-state index in [2.05, 4.69) is 17.1 Å². The van der Waals surface area contributed by atoms with Gasteiger partial charge in [0.05, 0.1) is 33.4 Å². The van der Waals surface area contributed by atoms with Crippen LogP contribution in [0.2, 0.25) is 0 Å². The number of halogens is 1. The maximum absolute atomic E-state index is 5.48. The number of guanidine groups is 1. The maximum Gasteiger partial charge on any atom is 0.194 e. The molecule has 1 saturated heterocycles. The molecular weight excluding hydrogens is 421 g/mol. The van der Waals surface area contributed by atoms with Gasteiger partial charge in [-0.1, -0.05) is 0 Å². The molecule has 0 spiro atoms. The van der Waals surface area contributed by atoms with Crippen LogP contribution >= 0.6 is 24.0 Å². The van der Waals surface area contributed by atoms with Crippen LogP contribution in [-0.2, 0) is 6.54 Å². The van der Waals surface area contributed by atoms with E-state index in [0.717, 1.165) is 42.7 Å². The molecule has 1 N–H and O–H groups in total. The highest BCUT2D eigenvalue weighted by Crippen LogP contribution is 2.34. The zero-order chi connectivity index (χ0) is 16.7. The van der Waals surface area contributed by atoms with Gasteiger partial charge in [0.25, 0.3) is 0 Å². The third-order valence-corrected chi connectivity index (χ3v) is 3.94. The van der Waals surface area contributed by atoms with Crippen molar-refractivity contribution >= 4 is 29.9 Å². The normalized spacial score (nSPS) is 14.2. The number of nitrogens with zero attached hydrogens (tertiary/aromatic N) is 2. The summed E-state index contributed by atoms with van der Waals surface area (Å²) in [5.41, 5.74) is 0.922. The van der Waals surface area contributed by atoms with Gasteiger partial charge in [-0.15, -0.1) is 24.0 Å². The van der Waals surface area contributed by atoms with E-state index in [9.17, 15) is 0 Å². The standard InChI is InChI=1S/C17H27N3O3.HI/c1-5-18-17(20-8-6-7-9-20)19-12-14-15(22-3)10-13(21-2)11-16(14)23-4;/h10-11H,5-9,12H2,1-4H3,(H,18,19);1H. The predicted molar refractivity (Wildman–Crippen MR) is 107 cm³/mol. The van der Waals surface area contributed by atoms with Crippen molar-refractivity contribution in [1.82, 2.24) is 10.2 Å². The van der Waals surface area contributed by atoms with E-state index >= 15 is 0 Å². The molecule has 1 aromatic rings. The highest BCUT2D eigenvalue weighted by Gasteiger charge is 2.17. The molecule has 1 fully saturated rings. The second-order valence-electron chi connectivity index (χ2n) is 5.37. The van der Waals surface area contributed by atoms with E-state index in [4.69, 9.17) is 19.2 Å². The van der Waals surface area contributed by atoms with Crippen molar-refractivity contribution in [3.05, 3.63) is 17.7 Å². The molecule has 1 aromatic carbocycles. The fraction of sp³-hybridized carbons (Fsp3) is 0.588. The topological polar surface area (TPSA) is 55.3 Å². The molecule has 0 unspecified atom stereocenters. The number of nitrogens with one attached hydrogen (secondary N) is 1. The summed E-state index contributed by atoms with van der Waals surface area (Å²) in [6.07, 6.45) is 2.44. The molecule has 2 rings (SSSR count). The van der Waals surface area contributed by atoms with Gasteiger partial charge in [-0.25, -0.2) is 4.99 Å². The van der Waals surface area contributed by atoms with Crippen LogP contribution in [0.1, 0.15) is 25.3 Å². The summed E-state index contributed by atoms with van der Waals surface area (Å²) in [5, 5.41) is 3.36. The van der Waals surface area contributed by atoms with Crippen molar-refractivity contribution in [2.24, 2.45) is 4.99 Å². The van der Waals surface area contributed by atoms with Crippen LogP contribution in [-0.4, -0.2) is 51.8 Å². The van der Waals surface area contributed by atoms with Crippen LogP contribution in [0.25, 0.3) is 0 Å². The Balaban J connectivity index is 0.00000288. The summed E-state index contributed by atoms with van der Waals surface area (Å²) in [6, 6.07) is 3.71. The molecule has 24 heavy (non-hydrogen) atoms. The van der Waals surface area contributed by atoms with Gasteiger partial charge < -0.3 is 24.4 Å². The van der Waals surface area contributed by atoms with Crippen LogP contribution in [0.5, 0.6) is 17.2 Å². The first-order valence-corrected chi connectivity index (χ1v) is 8.05. The van der Waals surface area contributed by atoms with Crippen LogP contribution in [0, 0.1) is 0 Å². The van der Waals surface area contributed by atoms with Gasteiger partial charge in [-0.2, -0.15) is 0 Å². The molecule has 0 amide bonds. The Morgan fingerprint density at radius 3 is 2.12 bits per heavy atom.